The number of anilines is 3. The quantitative estimate of drug-likeness (QED) is 0.285. The van der Waals surface area contributed by atoms with Crippen LogP contribution < -0.4 is 10.2 Å². The number of halogens is 1. The van der Waals surface area contributed by atoms with Gasteiger partial charge in [0.1, 0.15) is 11.6 Å². The number of aliphatic hydroxyl groups excluding tert-OH is 1. The molecule has 12 nitrogen and oxygen atoms in total. The summed E-state index contributed by atoms with van der Waals surface area (Å²) in [5.74, 6) is 1.50. The van der Waals surface area contributed by atoms with Gasteiger partial charge >= 0.3 is 0 Å². The summed E-state index contributed by atoms with van der Waals surface area (Å²) in [4.78, 5) is 15.7. The van der Waals surface area contributed by atoms with Gasteiger partial charge in [0, 0.05) is 56.9 Å². The van der Waals surface area contributed by atoms with Gasteiger partial charge in [0.25, 0.3) is 0 Å². The van der Waals surface area contributed by atoms with Crippen LogP contribution in [0.1, 0.15) is 18.6 Å². The summed E-state index contributed by atoms with van der Waals surface area (Å²) in [6.45, 7) is 3.43. The van der Waals surface area contributed by atoms with E-state index in [1.54, 1.807) is 37.3 Å². The number of ether oxygens (including phenoxy) is 1. The maximum atomic E-state index is 12.0. The van der Waals surface area contributed by atoms with Gasteiger partial charge in [0.05, 0.1) is 37.1 Å². The summed E-state index contributed by atoms with van der Waals surface area (Å²) in [5, 5.41) is 18.8. The van der Waals surface area contributed by atoms with Gasteiger partial charge in [0.2, 0.25) is 10.0 Å². The lowest BCUT2D eigenvalue weighted by Gasteiger charge is -2.44. The summed E-state index contributed by atoms with van der Waals surface area (Å²) < 4.78 is 32.5. The Hall–Kier alpha value is -3.36. The average molecular weight is 587 g/mol. The molecule has 4 aromatic rings. The Bertz CT molecular complexity index is 1640. The molecular weight excluding hydrogens is 556 g/mol. The molecule has 1 aliphatic rings. The lowest BCUT2D eigenvalue weighted by molar-refractivity contribution is 0.121. The molecule has 3 aromatic heterocycles. The van der Waals surface area contributed by atoms with Crippen LogP contribution in [0.25, 0.3) is 22.2 Å². The number of fused-ring (bicyclic) bond motifs is 1. The normalized spacial score (nSPS) is 15.0. The van der Waals surface area contributed by atoms with E-state index < -0.39 is 10.0 Å². The Balaban J connectivity index is 1.44. The highest BCUT2D eigenvalue weighted by atomic mass is 35.5. The maximum absolute atomic E-state index is 12.0. The molecule has 1 fully saturated rings. The molecule has 1 aliphatic heterocycles. The van der Waals surface area contributed by atoms with Gasteiger partial charge in [-0.15, -0.1) is 0 Å². The lowest BCUT2D eigenvalue weighted by atomic mass is 9.98. The highest BCUT2D eigenvalue weighted by Crippen LogP contribution is 2.37. The molecule has 40 heavy (non-hydrogen) atoms. The van der Waals surface area contributed by atoms with Crippen LogP contribution in [-0.2, 0) is 21.3 Å². The van der Waals surface area contributed by atoms with E-state index >= 15 is 0 Å². The second-order valence-electron chi connectivity index (χ2n) is 9.72. The number of nitrogens with zero attached hydrogens (tertiary/aromatic N) is 7. The minimum atomic E-state index is -3.26. The van der Waals surface area contributed by atoms with E-state index in [-0.39, 0.29) is 23.9 Å². The number of methoxy groups -OCH3 is 1. The smallest absolute Gasteiger partial charge is 0.211 e. The van der Waals surface area contributed by atoms with Crippen LogP contribution >= 0.6 is 11.6 Å². The van der Waals surface area contributed by atoms with E-state index in [1.807, 2.05) is 31.3 Å². The SMILES string of the molecule is COC(C)c1ccc(N2CC(N(C)S(C)(=O)=O)C2)c2cnc(Nc3ccnc(-c4cn(CCO)nc4Cl)n3)cc12. The van der Waals surface area contributed by atoms with Crippen LogP contribution in [0.15, 0.2) is 42.9 Å². The van der Waals surface area contributed by atoms with Gasteiger partial charge in [-0.25, -0.2) is 23.4 Å². The molecule has 0 saturated carbocycles. The second-order valence-corrected chi connectivity index (χ2v) is 12.1. The van der Waals surface area contributed by atoms with Crippen LogP contribution in [0.4, 0.5) is 17.3 Å². The summed E-state index contributed by atoms with van der Waals surface area (Å²) in [6.07, 6.45) is 6.19. The first kappa shape index (κ1) is 28.2. The number of nitrogens with one attached hydrogen (secondary N) is 1. The summed E-state index contributed by atoms with van der Waals surface area (Å²) in [7, 11) is 0.0302. The van der Waals surface area contributed by atoms with Crippen molar-refractivity contribution in [3.63, 3.8) is 0 Å². The first-order chi connectivity index (χ1) is 19.1. The third kappa shape index (κ3) is 5.60. The molecular formula is C26H31ClN8O4S. The Morgan fingerprint density at radius 2 is 2.00 bits per heavy atom. The van der Waals surface area contributed by atoms with Crippen molar-refractivity contribution in [2.45, 2.75) is 25.6 Å². The first-order valence-corrected chi connectivity index (χ1v) is 14.9. The second kappa shape index (κ2) is 11.3. The number of sulfonamides is 1. The van der Waals surface area contributed by atoms with E-state index in [0.29, 0.717) is 42.7 Å². The molecule has 1 unspecified atom stereocenters. The number of aromatic nitrogens is 5. The molecule has 0 bridgehead atoms. The molecule has 2 N–H and O–H groups in total. The largest absolute Gasteiger partial charge is 0.394 e. The number of likely N-dealkylation sites (N-methyl/N-ethyl adjacent to an activating group) is 1. The van der Waals surface area contributed by atoms with E-state index in [1.165, 1.54) is 10.6 Å². The molecule has 1 aromatic carbocycles. The zero-order valence-corrected chi connectivity index (χ0v) is 24.2. The highest BCUT2D eigenvalue weighted by Gasteiger charge is 2.35. The standard InChI is InChI=1S/C26H31ClN8O4S/c1-16(39-3)18-5-6-22(34-13-17(14-34)33(2)40(4,37)38)20-12-29-24(11-19(18)20)30-23-7-8-28-26(31-23)21-15-35(9-10-36)32-25(21)27/h5-8,11-12,15-17,36H,9-10,13-14H2,1-4H3,(H,28,29,30,31). The summed E-state index contributed by atoms with van der Waals surface area (Å²) in [6, 6.07) is 7.69. The lowest BCUT2D eigenvalue weighted by Crippen LogP contribution is -2.59. The van der Waals surface area contributed by atoms with Crippen molar-refractivity contribution in [2.75, 3.05) is 50.3 Å². The van der Waals surface area contributed by atoms with Gasteiger partial charge < -0.3 is 20.1 Å². The fourth-order valence-corrected chi connectivity index (χ4v) is 5.58. The number of hydrogen-bond donors (Lipinski definition) is 2. The fourth-order valence-electron chi connectivity index (χ4n) is 4.68. The van der Waals surface area contributed by atoms with E-state index in [9.17, 15) is 13.5 Å². The van der Waals surface area contributed by atoms with Crippen molar-refractivity contribution in [1.82, 2.24) is 29.0 Å². The van der Waals surface area contributed by atoms with Gasteiger partial charge in [-0.1, -0.05) is 17.7 Å². The Labute approximate surface area is 237 Å². The molecule has 0 amide bonds. The zero-order chi connectivity index (χ0) is 28.6. The first-order valence-electron chi connectivity index (χ1n) is 12.7. The van der Waals surface area contributed by atoms with Crippen molar-refractivity contribution in [2.24, 2.45) is 0 Å². The number of pyridine rings is 1. The molecule has 212 valence electrons. The van der Waals surface area contributed by atoms with E-state index in [2.05, 4.69) is 30.3 Å². The van der Waals surface area contributed by atoms with Crippen LogP contribution in [0, 0.1) is 0 Å². The number of benzene rings is 1. The predicted octanol–water partition coefficient (Wildman–Crippen LogP) is 3.07. The minimum absolute atomic E-state index is 0.0606. The summed E-state index contributed by atoms with van der Waals surface area (Å²) in [5.41, 5.74) is 2.54. The number of rotatable bonds is 10. The topological polar surface area (TPSA) is 139 Å². The van der Waals surface area contributed by atoms with Crippen LogP contribution in [0.5, 0.6) is 0 Å². The predicted molar refractivity (Wildman–Crippen MR) is 154 cm³/mol. The number of aliphatic hydroxyl groups is 1. The van der Waals surface area contributed by atoms with Crippen molar-refractivity contribution in [3.8, 4) is 11.4 Å². The maximum Gasteiger partial charge on any atom is 0.211 e. The molecule has 1 saturated heterocycles. The third-order valence-electron chi connectivity index (χ3n) is 7.14. The zero-order valence-electron chi connectivity index (χ0n) is 22.6. The Morgan fingerprint density at radius 3 is 2.70 bits per heavy atom. The minimum Gasteiger partial charge on any atom is -0.394 e. The van der Waals surface area contributed by atoms with Crippen molar-refractivity contribution in [3.05, 3.63) is 53.6 Å². The van der Waals surface area contributed by atoms with Gasteiger partial charge in [0.15, 0.2) is 11.0 Å². The Kier molecular flexibility index (Phi) is 7.93. The van der Waals surface area contributed by atoms with E-state index in [0.717, 1.165) is 22.0 Å². The molecule has 5 rings (SSSR count). The van der Waals surface area contributed by atoms with E-state index in [4.69, 9.17) is 16.3 Å². The van der Waals surface area contributed by atoms with Crippen LogP contribution in [0.3, 0.4) is 0 Å². The molecule has 0 spiro atoms. The monoisotopic (exact) mass is 586 g/mol. The Morgan fingerprint density at radius 1 is 1.23 bits per heavy atom. The van der Waals surface area contributed by atoms with Crippen LogP contribution in [-0.4, -0.2) is 88.7 Å². The van der Waals surface area contributed by atoms with Gasteiger partial charge in [-0.05, 0) is 36.1 Å². The fraction of sp³-hybridized carbons (Fsp3) is 0.385. The molecule has 0 radical (unpaired) electrons. The van der Waals surface area contributed by atoms with Gasteiger partial charge in [-0.2, -0.15) is 9.40 Å². The number of hydrogen-bond acceptors (Lipinski definition) is 10. The third-order valence-corrected chi connectivity index (χ3v) is 8.77. The summed E-state index contributed by atoms with van der Waals surface area (Å²) >= 11 is 6.28. The van der Waals surface area contributed by atoms with Crippen molar-refractivity contribution >= 4 is 49.7 Å². The molecule has 14 heteroatoms. The van der Waals surface area contributed by atoms with Gasteiger partial charge in [-0.3, -0.25) is 4.68 Å². The molecule has 1 atom stereocenters. The average Bonchev–Trinajstić information content (AvgIpc) is 3.27. The van der Waals surface area contributed by atoms with Crippen molar-refractivity contribution in [1.29, 1.82) is 0 Å². The van der Waals surface area contributed by atoms with Crippen molar-refractivity contribution < 1.29 is 18.3 Å². The highest BCUT2D eigenvalue weighted by molar-refractivity contribution is 7.88. The molecule has 0 aliphatic carbocycles. The molecule has 4 heterocycles. The van der Waals surface area contributed by atoms with Crippen LogP contribution in [0.2, 0.25) is 5.15 Å².